The highest BCUT2D eigenvalue weighted by Gasteiger charge is 2.18. The number of anilines is 1. The van der Waals surface area contributed by atoms with Crippen LogP contribution < -0.4 is 10.6 Å². The third-order valence-electron chi connectivity index (χ3n) is 5.43. The van der Waals surface area contributed by atoms with Gasteiger partial charge in [-0.15, -0.1) is 0 Å². The minimum Gasteiger partial charge on any atom is -0.368 e. The summed E-state index contributed by atoms with van der Waals surface area (Å²) < 4.78 is 1.89. The van der Waals surface area contributed by atoms with Crippen LogP contribution in [0.4, 0.5) is 5.82 Å². The van der Waals surface area contributed by atoms with Gasteiger partial charge >= 0.3 is 0 Å². The number of amides is 1. The second-order valence-corrected chi connectivity index (χ2v) is 7.87. The van der Waals surface area contributed by atoms with Crippen molar-refractivity contribution >= 4 is 22.8 Å². The Labute approximate surface area is 187 Å². The number of hydrogen-bond donors (Lipinski definition) is 2. The van der Waals surface area contributed by atoms with Crippen LogP contribution in [-0.4, -0.2) is 38.7 Å². The van der Waals surface area contributed by atoms with E-state index >= 15 is 0 Å². The number of carbonyl (C=O) groups excluding carboxylic acids is 1. The fraction of sp³-hybridized carbons (Fsp3) is 0.280. The van der Waals surface area contributed by atoms with Crippen LogP contribution in [0.15, 0.2) is 48.5 Å². The van der Waals surface area contributed by atoms with Crippen molar-refractivity contribution in [1.29, 1.82) is 0 Å². The first-order chi connectivity index (χ1) is 15.5. The van der Waals surface area contributed by atoms with Crippen molar-refractivity contribution in [1.82, 2.24) is 25.1 Å². The number of fused-ring (bicyclic) bond motifs is 1. The first-order valence-corrected chi connectivity index (χ1v) is 10.9. The lowest BCUT2D eigenvalue weighted by molar-refractivity contribution is 0.0955. The van der Waals surface area contributed by atoms with E-state index in [4.69, 9.17) is 15.1 Å². The van der Waals surface area contributed by atoms with Crippen LogP contribution in [0.25, 0.3) is 16.7 Å². The number of carbonyl (C=O) groups is 1. The van der Waals surface area contributed by atoms with E-state index in [0.29, 0.717) is 25.1 Å². The van der Waals surface area contributed by atoms with Crippen LogP contribution in [-0.2, 0) is 6.42 Å². The SMILES string of the molecule is CCc1nc(NCCNC(=O)c2ccc(C)cc2)c2c(C)nn(-c3ccccc3C)c2n1. The summed E-state index contributed by atoms with van der Waals surface area (Å²) in [6.45, 7) is 9.09. The molecule has 2 aromatic heterocycles. The zero-order valence-electron chi connectivity index (χ0n) is 18.9. The molecule has 164 valence electrons. The topological polar surface area (TPSA) is 84.7 Å². The van der Waals surface area contributed by atoms with Crippen LogP contribution in [0.3, 0.4) is 0 Å². The smallest absolute Gasteiger partial charge is 0.251 e. The Morgan fingerprint density at radius 3 is 2.44 bits per heavy atom. The van der Waals surface area contributed by atoms with Gasteiger partial charge in [0.1, 0.15) is 11.6 Å². The van der Waals surface area contributed by atoms with Gasteiger partial charge in [-0.2, -0.15) is 5.10 Å². The number of nitrogens with zero attached hydrogens (tertiary/aromatic N) is 4. The highest BCUT2D eigenvalue weighted by atomic mass is 16.1. The van der Waals surface area contributed by atoms with Crippen LogP contribution >= 0.6 is 0 Å². The molecule has 0 saturated heterocycles. The van der Waals surface area contributed by atoms with Gasteiger partial charge in [-0.3, -0.25) is 4.79 Å². The molecule has 0 aliphatic carbocycles. The Hall–Kier alpha value is -3.74. The fourth-order valence-corrected chi connectivity index (χ4v) is 3.65. The average molecular weight is 429 g/mol. The fourth-order valence-electron chi connectivity index (χ4n) is 3.65. The van der Waals surface area contributed by atoms with Crippen LogP contribution in [0.2, 0.25) is 0 Å². The van der Waals surface area contributed by atoms with Gasteiger partial charge in [0.2, 0.25) is 0 Å². The molecule has 0 aliphatic heterocycles. The van der Waals surface area contributed by atoms with Crippen LogP contribution in [0, 0.1) is 20.8 Å². The third kappa shape index (κ3) is 4.32. The second kappa shape index (κ2) is 9.18. The monoisotopic (exact) mass is 428 g/mol. The van der Waals surface area contributed by atoms with Gasteiger partial charge in [0, 0.05) is 25.1 Å². The maximum absolute atomic E-state index is 12.3. The molecule has 0 atom stereocenters. The molecule has 0 fully saturated rings. The van der Waals surface area contributed by atoms with Gasteiger partial charge in [-0.1, -0.05) is 42.8 Å². The van der Waals surface area contributed by atoms with Crippen molar-refractivity contribution in [3.8, 4) is 5.69 Å². The normalized spacial score (nSPS) is 11.0. The first-order valence-electron chi connectivity index (χ1n) is 10.9. The molecule has 4 rings (SSSR count). The Morgan fingerprint density at radius 2 is 1.72 bits per heavy atom. The summed E-state index contributed by atoms with van der Waals surface area (Å²) in [4.78, 5) is 21.8. The molecule has 7 heteroatoms. The number of benzene rings is 2. The Kier molecular flexibility index (Phi) is 6.16. The summed E-state index contributed by atoms with van der Waals surface area (Å²) in [6, 6.07) is 15.7. The molecule has 4 aromatic rings. The maximum atomic E-state index is 12.3. The highest BCUT2D eigenvalue weighted by Crippen LogP contribution is 2.27. The Morgan fingerprint density at radius 1 is 0.969 bits per heavy atom. The maximum Gasteiger partial charge on any atom is 0.251 e. The highest BCUT2D eigenvalue weighted by molar-refractivity contribution is 5.94. The molecule has 2 N–H and O–H groups in total. The lowest BCUT2D eigenvalue weighted by atomic mass is 10.1. The van der Waals surface area contributed by atoms with Gasteiger partial charge < -0.3 is 10.6 Å². The van der Waals surface area contributed by atoms with E-state index in [1.165, 1.54) is 0 Å². The van der Waals surface area contributed by atoms with E-state index in [1.54, 1.807) is 0 Å². The number of hydrogen-bond acceptors (Lipinski definition) is 5. The number of aryl methyl sites for hydroxylation is 4. The molecular formula is C25H28N6O. The standard InChI is InChI=1S/C25H28N6O/c1-5-21-28-23(26-14-15-27-25(32)19-12-10-16(2)11-13-19)22-18(4)30-31(24(22)29-21)20-9-7-6-8-17(20)3/h6-13H,5,14-15H2,1-4H3,(H,27,32)(H,26,28,29). The molecule has 32 heavy (non-hydrogen) atoms. The molecule has 0 saturated carbocycles. The molecule has 1 amide bonds. The predicted molar refractivity (Wildman–Crippen MR) is 128 cm³/mol. The van der Waals surface area contributed by atoms with Gasteiger partial charge in [-0.05, 0) is 44.5 Å². The second-order valence-electron chi connectivity index (χ2n) is 7.87. The largest absolute Gasteiger partial charge is 0.368 e. The Balaban J connectivity index is 1.55. The van der Waals surface area contributed by atoms with Crippen molar-refractivity contribution in [2.24, 2.45) is 0 Å². The minimum absolute atomic E-state index is 0.0857. The van der Waals surface area contributed by atoms with Gasteiger partial charge in [0.25, 0.3) is 5.91 Å². The van der Waals surface area contributed by atoms with E-state index in [-0.39, 0.29) is 5.91 Å². The number of aromatic nitrogens is 4. The van der Waals surface area contributed by atoms with Crippen molar-refractivity contribution < 1.29 is 4.79 Å². The molecule has 2 aromatic carbocycles. The Bertz CT molecular complexity index is 1260. The predicted octanol–water partition coefficient (Wildman–Crippen LogP) is 4.15. The third-order valence-corrected chi connectivity index (χ3v) is 5.43. The molecular weight excluding hydrogens is 400 g/mol. The van der Waals surface area contributed by atoms with Gasteiger partial charge in [0.05, 0.1) is 16.8 Å². The number of para-hydroxylation sites is 1. The summed E-state index contributed by atoms with van der Waals surface area (Å²) in [6.07, 6.45) is 0.715. The summed E-state index contributed by atoms with van der Waals surface area (Å²) >= 11 is 0. The molecule has 0 unspecified atom stereocenters. The summed E-state index contributed by atoms with van der Waals surface area (Å²) in [5.41, 5.74) is 5.56. The van der Waals surface area contributed by atoms with Crippen molar-refractivity contribution in [3.05, 3.63) is 76.7 Å². The molecule has 0 radical (unpaired) electrons. The van der Waals surface area contributed by atoms with Crippen molar-refractivity contribution in [2.45, 2.75) is 34.1 Å². The molecule has 0 spiro atoms. The quantitative estimate of drug-likeness (QED) is 0.432. The average Bonchev–Trinajstić information content (AvgIpc) is 3.13. The number of nitrogens with one attached hydrogen (secondary N) is 2. The zero-order valence-corrected chi connectivity index (χ0v) is 18.9. The summed E-state index contributed by atoms with van der Waals surface area (Å²) in [5.74, 6) is 1.41. The number of rotatable bonds is 7. The minimum atomic E-state index is -0.0857. The summed E-state index contributed by atoms with van der Waals surface area (Å²) in [5, 5.41) is 12.0. The van der Waals surface area contributed by atoms with E-state index in [1.807, 2.05) is 67.9 Å². The van der Waals surface area contributed by atoms with Gasteiger partial charge in [0.15, 0.2) is 5.65 Å². The lowest BCUT2D eigenvalue weighted by Crippen LogP contribution is -2.29. The van der Waals surface area contributed by atoms with E-state index < -0.39 is 0 Å². The van der Waals surface area contributed by atoms with E-state index in [9.17, 15) is 4.79 Å². The molecule has 0 bridgehead atoms. The van der Waals surface area contributed by atoms with Crippen LogP contribution in [0.1, 0.15) is 39.9 Å². The van der Waals surface area contributed by atoms with E-state index in [0.717, 1.165) is 45.2 Å². The zero-order chi connectivity index (χ0) is 22.7. The molecule has 2 heterocycles. The lowest BCUT2D eigenvalue weighted by Gasteiger charge is -2.11. The van der Waals surface area contributed by atoms with Crippen LogP contribution in [0.5, 0.6) is 0 Å². The van der Waals surface area contributed by atoms with Gasteiger partial charge in [-0.25, -0.2) is 14.6 Å². The first kappa shape index (κ1) is 21.5. The van der Waals surface area contributed by atoms with E-state index in [2.05, 4.69) is 23.6 Å². The summed E-state index contributed by atoms with van der Waals surface area (Å²) in [7, 11) is 0. The van der Waals surface area contributed by atoms with Crippen molar-refractivity contribution in [2.75, 3.05) is 18.4 Å². The molecule has 0 aliphatic rings. The molecule has 7 nitrogen and oxygen atoms in total. The van der Waals surface area contributed by atoms with Crippen molar-refractivity contribution in [3.63, 3.8) is 0 Å².